The minimum Gasteiger partial charge on any atom is -0.455 e. The second kappa shape index (κ2) is 3.76. The van der Waals surface area contributed by atoms with Crippen LogP contribution in [0.1, 0.15) is 31.3 Å². The van der Waals surface area contributed by atoms with Crippen molar-refractivity contribution in [2.24, 2.45) is 0 Å². The molecule has 1 heterocycles. The van der Waals surface area contributed by atoms with E-state index in [1.165, 1.54) is 0 Å². The largest absolute Gasteiger partial charge is 0.455 e. The average molecular weight is 234 g/mol. The van der Waals surface area contributed by atoms with E-state index in [0.29, 0.717) is 16.7 Å². The molecule has 2 rings (SSSR count). The van der Waals surface area contributed by atoms with Crippen molar-refractivity contribution in [2.75, 3.05) is 5.73 Å². The maximum absolute atomic E-state index is 11.9. The van der Waals surface area contributed by atoms with Gasteiger partial charge in [-0.1, -0.05) is 11.2 Å². The number of hydrogen-bond donors (Lipinski definition) is 1. The Morgan fingerprint density at radius 3 is 2.76 bits per heavy atom. The highest BCUT2D eigenvalue weighted by Crippen LogP contribution is 2.25. The van der Waals surface area contributed by atoms with Gasteiger partial charge in [0.25, 0.3) is 0 Å². The molecule has 0 fully saturated rings. The summed E-state index contributed by atoms with van der Waals surface area (Å²) < 4.78 is 10.3. The maximum atomic E-state index is 11.9. The van der Waals surface area contributed by atoms with Gasteiger partial charge in [-0.2, -0.15) is 0 Å². The lowest BCUT2D eigenvalue weighted by molar-refractivity contribution is 0.00610. The molecule has 5 nitrogen and oxygen atoms in total. The number of para-hydroxylation sites is 1. The average Bonchev–Trinajstić information content (AvgIpc) is 2.60. The molecule has 0 saturated carbocycles. The fraction of sp³-hybridized carbons (Fsp3) is 0.333. The van der Waals surface area contributed by atoms with Crippen molar-refractivity contribution in [3.05, 3.63) is 23.9 Å². The molecule has 0 aliphatic carbocycles. The van der Waals surface area contributed by atoms with Gasteiger partial charge < -0.3 is 15.0 Å². The first-order valence-corrected chi connectivity index (χ1v) is 5.26. The van der Waals surface area contributed by atoms with Crippen molar-refractivity contribution in [1.82, 2.24) is 5.16 Å². The van der Waals surface area contributed by atoms with Crippen molar-refractivity contribution in [3.8, 4) is 0 Å². The number of ether oxygens (including phenoxy) is 1. The van der Waals surface area contributed by atoms with E-state index in [4.69, 9.17) is 15.0 Å². The van der Waals surface area contributed by atoms with Crippen LogP contribution in [-0.4, -0.2) is 16.7 Å². The highest BCUT2D eigenvalue weighted by atomic mass is 16.6. The van der Waals surface area contributed by atoms with Gasteiger partial charge in [-0.3, -0.25) is 0 Å². The van der Waals surface area contributed by atoms with Crippen LogP contribution in [0.25, 0.3) is 11.0 Å². The maximum Gasteiger partial charge on any atom is 0.361 e. The summed E-state index contributed by atoms with van der Waals surface area (Å²) in [6.45, 7) is 5.38. The number of carbonyl (C=O) groups excluding carboxylic acids is 1. The summed E-state index contributed by atoms with van der Waals surface area (Å²) in [7, 11) is 0. The van der Waals surface area contributed by atoms with E-state index in [1.54, 1.807) is 39.0 Å². The quantitative estimate of drug-likeness (QED) is 0.605. The van der Waals surface area contributed by atoms with Crippen LogP contribution in [0.4, 0.5) is 5.69 Å². The lowest BCUT2D eigenvalue weighted by atomic mass is 10.1. The molecular formula is C12H14N2O3. The van der Waals surface area contributed by atoms with Gasteiger partial charge in [-0.05, 0) is 32.9 Å². The number of esters is 1. The van der Waals surface area contributed by atoms with Crippen molar-refractivity contribution in [2.45, 2.75) is 26.4 Å². The topological polar surface area (TPSA) is 78.3 Å². The highest BCUT2D eigenvalue weighted by molar-refractivity contribution is 6.03. The Morgan fingerprint density at radius 1 is 1.41 bits per heavy atom. The first-order chi connectivity index (χ1) is 7.88. The van der Waals surface area contributed by atoms with Crippen LogP contribution in [-0.2, 0) is 4.74 Å². The normalized spacial score (nSPS) is 11.7. The van der Waals surface area contributed by atoms with Crippen LogP contribution in [0.5, 0.6) is 0 Å². The number of aromatic nitrogens is 1. The lowest BCUT2D eigenvalue weighted by Gasteiger charge is -2.18. The standard InChI is InChI=1S/C12H14N2O3/c1-12(2,3)16-11(15)9-7-5-4-6-8(13)10(7)17-14-9/h4-6H,13H2,1-3H3. The minimum absolute atomic E-state index is 0.155. The molecule has 90 valence electrons. The number of fused-ring (bicyclic) bond motifs is 1. The molecule has 5 heteroatoms. The van der Waals surface area contributed by atoms with Gasteiger partial charge in [0.05, 0.1) is 11.1 Å². The van der Waals surface area contributed by atoms with Crippen molar-refractivity contribution < 1.29 is 14.1 Å². The Bertz CT molecular complexity index is 567. The molecule has 0 aliphatic rings. The molecule has 2 N–H and O–H groups in total. The van der Waals surface area contributed by atoms with Crippen LogP contribution in [0.3, 0.4) is 0 Å². The smallest absolute Gasteiger partial charge is 0.361 e. The number of carbonyl (C=O) groups is 1. The zero-order valence-corrected chi connectivity index (χ0v) is 9.98. The molecule has 0 amide bonds. The van der Waals surface area contributed by atoms with Crippen LogP contribution in [0.2, 0.25) is 0 Å². The molecule has 0 saturated heterocycles. The first-order valence-electron chi connectivity index (χ1n) is 5.26. The van der Waals surface area contributed by atoms with Gasteiger partial charge in [0.15, 0.2) is 11.3 Å². The summed E-state index contributed by atoms with van der Waals surface area (Å²) in [4.78, 5) is 11.9. The van der Waals surface area contributed by atoms with Crippen molar-refractivity contribution in [1.29, 1.82) is 0 Å². The zero-order chi connectivity index (χ0) is 12.6. The zero-order valence-electron chi connectivity index (χ0n) is 9.98. The lowest BCUT2D eigenvalue weighted by Crippen LogP contribution is -2.24. The Kier molecular flexibility index (Phi) is 2.53. The van der Waals surface area contributed by atoms with Crippen LogP contribution < -0.4 is 5.73 Å². The summed E-state index contributed by atoms with van der Waals surface area (Å²) in [5.41, 5.74) is 6.16. The second-order valence-corrected chi connectivity index (χ2v) is 4.76. The van der Waals surface area contributed by atoms with E-state index < -0.39 is 11.6 Å². The SMILES string of the molecule is CC(C)(C)OC(=O)c1noc2c(N)cccc12. The molecule has 0 aliphatic heterocycles. The molecule has 0 atom stereocenters. The summed E-state index contributed by atoms with van der Waals surface area (Å²) in [6.07, 6.45) is 0. The minimum atomic E-state index is -0.567. The summed E-state index contributed by atoms with van der Waals surface area (Å²) >= 11 is 0. The molecule has 17 heavy (non-hydrogen) atoms. The third kappa shape index (κ3) is 2.22. The van der Waals surface area contributed by atoms with Gasteiger partial charge >= 0.3 is 5.97 Å². The fourth-order valence-corrected chi connectivity index (χ4v) is 1.46. The van der Waals surface area contributed by atoms with Crippen LogP contribution in [0, 0.1) is 0 Å². The van der Waals surface area contributed by atoms with Gasteiger partial charge in [-0.25, -0.2) is 4.79 Å². The predicted molar refractivity (Wildman–Crippen MR) is 63.6 cm³/mol. The number of hydrogen-bond acceptors (Lipinski definition) is 5. The Balaban J connectivity index is 2.43. The molecule has 1 aromatic carbocycles. The number of benzene rings is 1. The van der Waals surface area contributed by atoms with E-state index in [0.717, 1.165) is 0 Å². The summed E-state index contributed by atoms with van der Waals surface area (Å²) in [5.74, 6) is -0.512. The molecule has 1 aromatic heterocycles. The molecule has 0 unspecified atom stereocenters. The van der Waals surface area contributed by atoms with E-state index >= 15 is 0 Å². The predicted octanol–water partition coefficient (Wildman–Crippen LogP) is 2.37. The van der Waals surface area contributed by atoms with E-state index in [2.05, 4.69) is 5.16 Å². The molecule has 2 aromatic rings. The van der Waals surface area contributed by atoms with E-state index in [9.17, 15) is 4.79 Å². The Labute approximate surface area is 98.5 Å². The second-order valence-electron chi connectivity index (χ2n) is 4.76. The number of nitrogen functional groups attached to an aromatic ring is 1. The highest BCUT2D eigenvalue weighted by Gasteiger charge is 2.23. The number of rotatable bonds is 1. The summed E-state index contributed by atoms with van der Waals surface area (Å²) in [5, 5.41) is 4.28. The summed E-state index contributed by atoms with van der Waals surface area (Å²) in [6, 6.07) is 5.15. The van der Waals surface area contributed by atoms with E-state index in [1.807, 2.05) is 0 Å². The molecular weight excluding hydrogens is 220 g/mol. The Morgan fingerprint density at radius 2 is 2.12 bits per heavy atom. The van der Waals surface area contributed by atoms with E-state index in [-0.39, 0.29) is 5.69 Å². The van der Waals surface area contributed by atoms with Gasteiger partial charge in [0.1, 0.15) is 5.60 Å². The van der Waals surface area contributed by atoms with Crippen molar-refractivity contribution in [3.63, 3.8) is 0 Å². The fourth-order valence-electron chi connectivity index (χ4n) is 1.46. The molecule has 0 bridgehead atoms. The van der Waals surface area contributed by atoms with Gasteiger partial charge in [0.2, 0.25) is 0 Å². The number of nitrogens with zero attached hydrogens (tertiary/aromatic N) is 1. The third-order valence-corrected chi connectivity index (χ3v) is 2.12. The van der Waals surface area contributed by atoms with Crippen LogP contribution in [0.15, 0.2) is 22.7 Å². The molecule has 0 radical (unpaired) electrons. The third-order valence-electron chi connectivity index (χ3n) is 2.12. The monoisotopic (exact) mass is 234 g/mol. The van der Waals surface area contributed by atoms with Crippen molar-refractivity contribution >= 4 is 22.6 Å². The van der Waals surface area contributed by atoms with Gasteiger partial charge in [0, 0.05) is 0 Å². The number of nitrogens with two attached hydrogens (primary N) is 1. The van der Waals surface area contributed by atoms with Crippen LogP contribution >= 0.6 is 0 Å². The number of anilines is 1. The molecule has 0 spiro atoms. The first kappa shape index (κ1) is 11.4. The van der Waals surface area contributed by atoms with Gasteiger partial charge in [-0.15, -0.1) is 0 Å². The Hall–Kier alpha value is -2.04.